The lowest BCUT2D eigenvalue weighted by atomic mass is 9.82. The van der Waals surface area contributed by atoms with E-state index in [-0.39, 0.29) is 58.9 Å². The number of rotatable bonds is 9. The van der Waals surface area contributed by atoms with Crippen molar-refractivity contribution in [1.29, 1.82) is 0 Å². The highest BCUT2D eigenvalue weighted by Gasteiger charge is 2.37. The maximum absolute atomic E-state index is 15.5. The van der Waals surface area contributed by atoms with E-state index in [9.17, 15) is 9.18 Å². The third-order valence-corrected chi connectivity index (χ3v) is 7.79. The number of nitrogen functional groups attached to an aromatic ring is 1. The lowest BCUT2D eigenvalue weighted by Gasteiger charge is -2.38. The number of hydrogen-bond acceptors (Lipinski definition) is 8. The molecular weight excluding hydrogens is 542 g/mol. The Hall–Kier alpha value is -4.38. The first-order valence-electron chi connectivity index (χ1n) is 13.9. The maximum atomic E-state index is 15.5. The zero-order chi connectivity index (χ0) is 29.8. The molecule has 0 spiro atoms. The second-order valence-corrected chi connectivity index (χ2v) is 10.3. The normalized spacial score (nSPS) is 17.7. The van der Waals surface area contributed by atoms with Crippen molar-refractivity contribution in [3.8, 4) is 11.5 Å². The van der Waals surface area contributed by atoms with Gasteiger partial charge in [-0.3, -0.25) is 9.78 Å². The van der Waals surface area contributed by atoms with Crippen LogP contribution in [0, 0.1) is 11.6 Å². The van der Waals surface area contributed by atoms with Gasteiger partial charge in [-0.05, 0) is 48.9 Å². The number of carbonyl (C=O) groups is 1. The minimum absolute atomic E-state index is 0.0357. The van der Waals surface area contributed by atoms with Crippen LogP contribution in [-0.4, -0.2) is 59.6 Å². The van der Waals surface area contributed by atoms with Crippen LogP contribution in [-0.2, 0) is 4.79 Å². The van der Waals surface area contributed by atoms with Crippen LogP contribution in [0.3, 0.4) is 0 Å². The molecular formula is C31H34F2N6O3. The molecule has 0 bridgehead atoms. The fourth-order valence-corrected chi connectivity index (χ4v) is 5.67. The smallest absolute Gasteiger partial charge is 0.224 e. The Balaban J connectivity index is 1.46. The van der Waals surface area contributed by atoms with Crippen LogP contribution in [0.5, 0.6) is 11.5 Å². The molecule has 2 aromatic carbocycles. The van der Waals surface area contributed by atoms with E-state index < -0.39 is 5.82 Å². The van der Waals surface area contributed by atoms with Gasteiger partial charge in [0, 0.05) is 54.7 Å². The number of benzene rings is 2. The van der Waals surface area contributed by atoms with E-state index in [0.717, 1.165) is 11.3 Å². The standard InChI is InChI=1S/C31H34F2N6O3/c1-4-35-24(18-8-10-19(32)11-9-18)16-26(40)39-14-12-20(22(17-39)23-7-5-6-13-36-23)31-37-28-21(30(34)38-31)15-25(41-2)29(42-3)27(28)33/h5-11,13,15,20,22,24,35H,4,12,14,16-17H2,1-3H3,(H2,34,37,38)/t20?,22?,24-/m1/s1. The van der Waals surface area contributed by atoms with Crippen LogP contribution in [0.25, 0.3) is 10.9 Å². The second-order valence-electron chi connectivity index (χ2n) is 10.3. The van der Waals surface area contributed by atoms with Crippen molar-refractivity contribution in [2.45, 2.75) is 37.6 Å². The highest BCUT2D eigenvalue weighted by atomic mass is 19.1. The van der Waals surface area contributed by atoms with Crippen molar-refractivity contribution < 1.29 is 23.0 Å². The summed E-state index contributed by atoms with van der Waals surface area (Å²) in [7, 11) is 2.78. The van der Waals surface area contributed by atoms with Crippen molar-refractivity contribution in [3.05, 3.63) is 83.4 Å². The van der Waals surface area contributed by atoms with Gasteiger partial charge in [-0.15, -0.1) is 0 Å². The molecule has 0 radical (unpaired) electrons. The number of fused-ring (bicyclic) bond motifs is 1. The summed E-state index contributed by atoms with van der Waals surface area (Å²) in [5.74, 6) is -0.934. The van der Waals surface area contributed by atoms with Gasteiger partial charge in [0.15, 0.2) is 17.3 Å². The van der Waals surface area contributed by atoms with Crippen molar-refractivity contribution in [1.82, 2.24) is 25.2 Å². The predicted octanol–water partition coefficient (Wildman–Crippen LogP) is 4.74. The van der Waals surface area contributed by atoms with Gasteiger partial charge in [0.25, 0.3) is 0 Å². The van der Waals surface area contributed by atoms with Crippen molar-refractivity contribution >= 4 is 22.6 Å². The van der Waals surface area contributed by atoms with Gasteiger partial charge in [-0.25, -0.2) is 18.7 Å². The lowest BCUT2D eigenvalue weighted by Crippen LogP contribution is -2.43. The minimum atomic E-state index is -0.681. The number of nitrogens with one attached hydrogen (secondary N) is 1. The quantitative estimate of drug-likeness (QED) is 0.294. The summed E-state index contributed by atoms with van der Waals surface area (Å²) >= 11 is 0. The average Bonchev–Trinajstić information content (AvgIpc) is 3.01. The van der Waals surface area contributed by atoms with Crippen LogP contribution in [0.2, 0.25) is 0 Å². The molecule has 11 heteroatoms. The summed E-state index contributed by atoms with van der Waals surface area (Å²) < 4.78 is 39.6. The van der Waals surface area contributed by atoms with Crippen molar-refractivity contribution in [2.24, 2.45) is 0 Å². The molecule has 1 aliphatic heterocycles. The number of anilines is 1. The highest BCUT2D eigenvalue weighted by Crippen LogP contribution is 2.41. The SMILES string of the molecule is CCN[C@H](CC(=O)N1CCC(c2nc(N)c3cc(OC)c(OC)c(F)c3n2)C(c2ccccn2)C1)c1ccc(F)cc1. The van der Waals surface area contributed by atoms with Crippen molar-refractivity contribution in [2.75, 3.05) is 39.6 Å². The molecule has 9 nitrogen and oxygen atoms in total. The number of pyridine rings is 1. The van der Waals surface area contributed by atoms with Gasteiger partial charge in [0.1, 0.15) is 23.0 Å². The Morgan fingerprint density at radius 2 is 1.90 bits per heavy atom. The van der Waals surface area contributed by atoms with Crippen LogP contribution in [0.1, 0.15) is 54.7 Å². The molecule has 3 heterocycles. The summed E-state index contributed by atoms with van der Waals surface area (Å²) in [6.45, 7) is 3.44. The molecule has 220 valence electrons. The zero-order valence-electron chi connectivity index (χ0n) is 23.8. The number of halogens is 2. The number of nitrogens with zero attached hydrogens (tertiary/aromatic N) is 4. The predicted molar refractivity (Wildman–Crippen MR) is 155 cm³/mol. The Morgan fingerprint density at radius 1 is 1.12 bits per heavy atom. The number of methoxy groups -OCH3 is 2. The van der Waals surface area contributed by atoms with Crippen molar-refractivity contribution in [3.63, 3.8) is 0 Å². The first-order chi connectivity index (χ1) is 20.3. The largest absolute Gasteiger partial charge is 0.493 e. The molecule has 0 saturated carbocycles. The van der Waals surface area contributed by atoms with E-state index in [1.807, 2.05) is 30.0 Å². The van der Waals surface area contributed by atoms with E-state index in [1.54, 1.807) is 24.4 Å². The van der Waals surface area contributed by atoms with Gasteiger partial charge in [0.2, 0.25) is 5.91 Å². The average molecular weight is 577 g/mol. The molecule has 4 aromatic rings. The molecule has 1 amide bonds. The Bertz CT molecular complexity index is 1550. The number of carbonyl (C=O) groups excluding carboxylic acids is 1. The fourth-order valence-electron chi connectivity index (χ4n) is 5.67. The molecule has 2 unspecified atom stereocenters. The number of piperidine rings is 1. The number of likely N-dealkylation sites (tertiary alicyclic amines) is 1. The van der Waals surface area contributed by atoms with Crippen LogP contribution in [0.15, 0.2) is 54.7 Å². The molecule has 3 N–H and O–H groups in total. The van der Waals surface area contributed by atoms with E-state index in [1.165, 1.54) is 26.4 Å². The highest BCUT2D eigenvalue weighted by molar-refractivity contribution is 5.91. The van der Waals surface area contributed by atoms with Crippen LogP contribution in [0.4, 0.5) is 14.6 Å². The van der Waals surface area contributed by atoms with Crippen LogP contribution >= 0.6 is 0 Å². The summed E-state index contributed by atoms with van der Waals surface area (Å²) in [5.41, 5.74) is 7.99. The van der Waals surface area contributed by atoms with Gasteiger partial charge in [-0.1, -0.05) is 25.1 Å². The lowest BCUT2D eigenvalue weighted by molar-refractivity contribution is -0.133. The number of aromatic nitrogens is 3. The molecule has 1 aliphatic rings. The maximum Gasteiger partial charge on any atom is 0.224 e. The third-order valence-electron chi connectivity index (χ3n) is 7.79. The van der Waals surface area contributed by atoms with Gasteiger partial charge >= 0.3 is 0 Å². The zero-order valence-corrected chi connectivity index (χ0v) is 23.8. The first kappa shape index (κ1) is 29.1. The Kier molecular flexibility index (Phi) is 8.77. The summed E-state index contributed by atoms with van der Waals surface area (Å²) in [6.07, 6.45) is 2.44. The third kappa shape index (κ3) is 5.82. The summed E-state index contributed by atoms with van der Waals surface area (Å²) in [6, 6.07) is 13.1. The number of hydrogen-bond donors (Lipinski definition) is 2. The Labute approximate surface area is 243 Å². The molecule has 2 aromatic heterocycles. The number of ether oxygens (including phenoxy) is 2. The number of amides is 1. The molecule has 1 fully saturated rings. The fraction of sp³-hybridized carbons (Fsp3) is 0.355. The molecule has 1 saturated heterocycles. The minimum Gasteiger partial charge on any atom is -0.493 e. The van der Waals surface area contributed by atoms with E-state index in [2.05, 4.69) is 20.3 Å². The Morgan fingerprint density at radius 3 is 2.57 bits per heavy atom. The van der Waals surface area contributed by atoms with E-state index in [0.29, 0.717) is 37.3 Å². The summed E-state index contributed by atoms with van der Waals surface area (Å²) in [5, 5.41) is 3.67. The van der Waals surface area contributed by atoms with Gasteiger partial charge < -0.3 is 25.4 Å². The van der Waals surface area contributed by atoms with Crippen LogP contribution < -0.4 is 20.5 Å². The molecule has 42 heavy (non-hydrogen) atoms. The number of nitrogens with two attached hydrogens (primary N) is 1. The van der Waals surface area contributed by atoms with Gasteiger partial charge in [-0.2, -0.15) is 0 Å². The molecule has 3 atom stereocenters. The topological polar surface area (TPSA) is 115 Å². The van der Waals surface area contributed by atoms with Gasteiger partial charge in [0.05, 0.1) is 14.2 Å². The molecule has 0 aliphatic carbocycles. The van der Waals surface area contributed by atoms with E-state index in [4.69, 9.17) is 15.2 Å². The monoisotopic (exact) mass is 576 g/mol. The molecule has 5 rings (SSSR count). The second kappa shape index (κ2) is 12.6. The first-order valence-corrected chi connectivity index (χ1v) is 13.9. The van der Waals surface area contributed by atoms with E-state index >= 15 is 4.39 Å². The summed E-state index contributed by atoms with van der Waals surface area (Å²) in [4.78, 5) is 29.3.